The van der Waals surface area contributed by atoms with E-state index in [-0.39, 0.29) is 5.38 Å². The average molecular weight is 319 g/mol. The van der Waals surface area contributed by atoms with Gasteiger partial charge in [0.15, 0.2) is 0 Å². The maximum atomic E-state index is 6.30. The Morgan fingerprint density at radius 3 is 2.52 bits per heavy atom. The molecule has 0 spiro atoms. The predicted molar refractivity (Wildman–Crippen MR) is 89.3 cm³/mol. The lowest BCUT2D eigenvalue weighted by atomic mass is 10.1. The summed E-state index contributed by atoms with van der Waals surface area (Å²) in [7, 11) is 0. The van der Waals surface area contributed by atoms with E-state index < -0.39 is 0 Å². The second kappa shape index (κ2) is 5.70. The molecule has 0 N–H and O–H groups in total. The first-order valence-electron chi connectivity index (χ1n) is 6.90. The van der Waals surface area contributed by atoms with Crippen LogP contribution in [0.15, 0.2) is 42.5 Å². The van der Waals surface area contributed by atoms with E-state index >= 15 is 0 Å². The number of aromatic nitrogens is 2. The van der Waals surface area contributed by atoms with Crippen LogP contribution in [0.1, 0.15) is 29.3 Å². The Balaban J connectivity index is 2.13. The van der Waals surface area contributed by atoms with Gasteiger partial charge in [0.1, 0.15) is 11.3 Å². The van der Waals surface area contributed by atoms with Gasteiger partial charge < -0.3 is 4.57 Å². The fourth-order valence-electron chi connectivity index (χ4n) is 2.48. The lowest BCUT2D eigenvalue weighted by Crippen LogP contribution is -2.05. The highest BCUT2D eigenvalue weighted by Gasteiger charge is 2.16. The molecule has 0 fully saturated rings. The fraction of sp³-hybridized carbons (Fsp3) is 0.235. The second-order valence-corrected chi connectivity index (χ2v) is 6.33. The monoisotopic (exact) mass is 318 g/mol. The van der Waals surface area contributed by atoms with Crippen molar-refractivity contribution in [1.82, 2.24) is 9.55 Å². The highest BCUT2D eigenvalue weighted by atomic mass is 35.5. The van der Waals surface area contributed by atoms with Crippen molar-refractivity contribution in [2.75, 3.05) is 0 Å². The van der Waals surface area contributed by atoms with E-state index in [1.54, 1.807) is 0 Å². The number of halogens is 2. The summed E-state index contributed by atoms with van der Waals surface area (Å²) in [5.74, 6) is 0.848. The Kier molecular flexibility index (Phi) is 3.92. The first kappa shape index (κ1) is 14.4. The molecular formula is C17H16Cl2N2. The zero-order valence-electron chi connectivity index (χ0n) is 12.0. The SMILES string of the molecule is Cc1ccc(Cn2c(C(C)Cl)nc3c(Cl)cccc32)cc1. The second-order valence-electron chi connectivity index (χ2n) is 5.27. The summed E-state index contributed by atoms with van der Waals surface area (Å²) in [6.07, 6.45) is 0. The molecule has 1 heterocycles. The minimum Gasteiger partial charge on any atom is -0.322 e. The molecule has 1 atom stereocenters. The molecule has 21 heavy (non-hydrogen) atoms. The third kappa shape index (κ3) is 2.78. The first-order chi connectivity index (χ1) is 10.1. The van der Waals surface area contributed by atoms with Crippen molar-refractivity contribution in [1.29, 1.82) is 0 Å². The number of aryl methyl sites for hydroxylation is 1. The number of hydrogen-bond acceptors (Lipinski definition) is 1. The van der Waals surface area contributed by atoms with E-state index in [4.69, 9.17) is 23.2 Å². The smallest absolute Gasteiger partial charge is 0.128 e. The fourth-order valence-corrected chi connectivity index (χ4v) is 2.86. The summed E-state index contributed by atoms with van der Waals surface area (Å²) in [6.45, 7) is 4.76. The minimum absolute atomic E-state index is 0.168. The normalized spacial score (nSPS) is 12.8. The molecule has 1 unspecified atom stereocenters. The molecule has 0 saturated heterocycles. The quantitative estimate of drug-likeness (QED) is 0.595. The van der Waals surface area contributed by atoms with Gasteiger partial charge in [-0.2, -0.15) is 0 Å². The zero-order chi connectivity index (χ0) is 15.0. The van der Waals surface area contributed by atoms with Crippen LogP contribution in [0.5, 0.6) is 0 Å². The van der Waals surface area contributed by atoms with E-state index in [0.29, 0.717) is 5.02 Å². The number of fused-ring (bicyclic) bond motifs is 1. The Bertz CT molecular complexity index is 773. The lowest BCUT2D eigenvalue weighted by Gasteiger charge is -2.11. The number of nitrogens with zero attached hydrogens (tertiary/aromatic N) is 2. The van der Waals surface area contributed by atoms with Gasteiger partial charge >= 0.3 is 0 Å². The number of rotatable bonds is 3. The molecule has 0 aliphatic carbocycles. The van der Waals surface area contributed by atoms with Gasteiger partial charge in [0, 0.05) is 6.54 Å². The first-order valence-corrected chi connectivity index (χ1v) is 7.72. The molecule has 0 bridgehead atoms. The molecular weight excluding hydrogens is 303 g/mol. The van der Waals surface area contributed by atoms with E-state index in [1.807, 2.05) is 25.1 Å². The Morgan fingerprint density at radius 2 is 1.86 bits per heavy atom. The van der Waals surface area contributed by atoms with Crippen LogP contribution in [0.4, 0.5) is 0 Å². The van der Waals surface area contributed by atoms with E-state index in [1.165, 1.54) is 11.1 Å². The van der Waals surface area contributed by atoms with Gasteiger partial charge in [-0.25, -0.2) is 4.98 Å². The van der Waals surface area contributed by atoms with Crippen molar-refractivity contribution in [3.63, 3.8) is 0 Å². The number of imidazole rings is 1. The van der Waals surface area contributed by atoms with Gasteiger partial charge in [-0.1, -0.05) is 47.5 Å². The van der Waals surface area contributed by atoms with Crippen molar-refractivity contribution in [2.24, 2.45) is 0 Å². The molecule has 0 aliphatic heterocycles. The minimum atomic E-state index is -0.168. The highest BCUT2D eigenvalue weighted by Crippen LogP contribution is 2.29. The van der Waals surface area contributed by atoms with Gasteiger partial charge in [0.25, 0.3) is 0 Å². The lowest BCUT2D eigenvalue weighted by molar-refractivity contribution is 0.742. The molecule has 1 aromatic heterocycles. The number of para-hydroxylation sites is 1. The summed E-state index contributed by atoms with van der Waals surface area (Å²) in [4.78, 5) is 4.62. The Morgan fingerprint density at radius 1 is 1.14 bits per heavy atom. The van der Waals surface area contributed by atoms with Crippen LogP contribution < -0.4 is 0 Å². The maximum Gasteiger partial charge on any atom is 0.128 e. The van der Waals surface area contributed by atoms with Crippen molar-refractivity contribution in [2.45, 2.75) is 25.8 Å². The molecule has 0 radical (unpaired) electrons. The van der Waals surface area contributed by atoms with Gasteiger partial charge in [-0.3, -0.25) is 0 Å². The van der Waals surface area contributed by atoms with Crippen molar-refractivity contribution >= 4 is 34.2 Å². The highest BCUT2D eigenvalue weighted by molar-refractivity contribution is 6.35. The third-order valence-corrected chi connectivity index (χ3v) is 4.08. The largest absolute Gasteiger partial charge is 0.322 e. The molecule has 0 saturated carbocycles. The summed E-state index contributed by atoms with van der Waals surface area (Å²) in [5.41, 5.74) is 4.31. The third-order valence-electron chi connectivity index (χ3n) is 3.58. The van der Waals surface area contributed by atoms with Crippen LogP contribution >= 0.6 is 23.2 Å². The van der Waals surface area contributed by atoms with E-state index in [9.17, 15) is 0 Å². The molecule has 3 rings (SSSR count). The number of benzene rings is 2. The molecule has 0 aliphatic rings. The van der Waals surface area contributed by atoms with Crippen LogP contribution in [0, 0.1) is 6.92 Å². The van der Waals surface area contributed by atoms with Crippen LogP contribution in [0.2, 0.25) is 5.02 Å². The molecule has 2 nitrogen and oxygen atoms in total. The predicted octanol–water partition coefficient (Wildman–Crippen LogP) is 5.35. The van der Waals surface area contributed by atoms with Crippen molar-refractivity contribution in [3.8, 4) is 0 Å². The van der Waals surface area contributed by atoms with Crippen LogP contribution in [0.25, 0.3) is 11.0 Å². The summed E-state index contributed by atoms with van der Waals surface area (Å²) >= 11 is 12.5. The standard InChI is InChI=1S/C17H16Cl2N2/c1-11-6-8-13(9-7-11)10-21-15-5-3-4-14(19)16(15)20-17(21)12(2)18/h3-9,12H,10H2,1-2H3. The number of alkyl halides is 1. The number of hydrogen-bond donors (Lipinski definition) is 0. The van der Waals surface area contributed by atoms with Crippen LogP contribution in [-0.2, 0) is 6.54 Å². The van der Waals surface area contributed by atoms with Crippen molar-refractivity contribution in [3.05, 3.63) is 64.4 Å². The van der Waals surface area contributed by atoms with E-state index in [0.717, 1.165) is 23.4 Å². The molecule has 4 heteroatoms. The molecule has 2 aromatic carbocycles. The van der Waals surface area contributed by atoms with Gasteiger partial charge in [-0.05, 0) is 31.5 Å². The zero-order valence-corrected chi connectivity index (χ0v) is 13.5. The summed E-state index contributed by atoms with van der Waals surface area (Å²) < 4.78 is 2.14. The summed E-state index contributed by atoms with van der Waals surface area (Å²) in [6, 6.07) is 14.3. The Labute approximate surface area is 134 Å². The molecule has 3 aromatic rings. The average Bonchev–Trinajstić information content (AvgIpc) is 2.82. The van der Waals surface area contributed by atoms with Crippen LogP contribution in [0.3, 0.4) is 0 Å². The van der Waals surface area contributed by atoms with Gasteiger partial charge in [0.05, 0.1) is 15.9 Å². The van der Waals surface area contributed by atoms with Gasteiger partial charge in [-0.15, -0.1) is 11.6 Å². The molecule has 108 valence electrons. The summed E-state index contributed by atoms with van der Waals surface area (Å²) in [5, 5.41) is 0.493. The Hall–Kier alpha value is -1.51. The maximum absolute atomic E-state index is 6.30. The van der Waals surface area contributed by atoms with Gasteiger partial charge in [0.2, 0.25) is 0 Å². The topological polar surface area (TPSA) is 17.8 Å². The van der Waals surface area contributed by atoms with E-state index in [2.05, 4.69) is 40.7 Å². The van der Waals surface area contributed by atoms with Crippen LogP contribution in [-0.4, -0.2) is 9.55 Å². The molecule has 0 amide bonds. The van der Waals surface area contributed by atoms with Crippen molar-refractivity contribution < 1.29 is 0 Å².